The van der Waals surface area contributed by atoms with E-state index >= 15 is 0 Å². The molecule has 1 amide bonds. The number of hydrogen-bond acceptors (Lipinski definition) is 3. The van der Waals surface area contributed by atoms with Gasteiger partial charge in [0.1, 0.15) is 5.75 Å². The van der Waals surface area contributed by atoms with E-state index in [1.807, 2.05) is 0 Å². The van der Waals surface area contributed by atoms with E-state index in [2.05, 4.69) is 24.1 Å². The summed E-state index contributed by atoms with van der Waals surface area (Å²) < 4.78 is 5.43. The molecule has 23 heavy (non-hydrogen) atoms. The molecule has 1 N–H and O–H groups in total. The van der Waals surface area contributed by atoms with Gasteiger partial charge in [0.25, 0.3) is 5.91 Å². The Hall–Kier alpha value is -0.970. The van der Waals surface area contributed by atoms with Crippen molar-refractivity contribution in [3.63, 3.8) is 0 Å². The maximum Gasteiger partial charge on any atom is 0.257 e. The number of carbonyl (C=O) groups excluding carboxylic acids is 1. The van der Waals surface area contributed by atoms with E-state index in [1.165, 1.54) is 0 Å². The van der Waals surface area contributed by atoms with Crippen LogP contribution in [0, 0.1) is 5.92 Å². The topological polar surface area (TPSA) is 41.6 Å². The lowest BCUT2D eigenvalue weighted by Gasteiger charge is -2.34. The predicted molar refractivity (Wildman–Crippen MR) is 94.4 cm³/mol. The monoisotopic (exact) mass is 358 g/mol. The number of carbonyl (C=O) groups is 1. The zero-order valence-corrected chi connectivity index (χ0v) is 15.2. The van der Waals surface area contributed by atoms with Gasteiger partial charge in [-0.25, -0.2) is 0 Å². The van der Waals surface area contributed by atoms with Crippen LogP contribution in [0.15, 0.2) is 18.2 Å². The molecule has 1 aromatic carbocycles. The van der Waals surface area contributed by atoms with E-state index < -0.39 is 0 Å². The first-order chi connectivity index (χ1) is 11.0. The van der Waals surface area contributed by atoms with Crippen molar-refractivity contribution in [2.24, 2.45) is 5.92 Å². The Kier molecular flexibility index (Phi) is 7.00. The molecule has 0 atom stereocenters. The van der Waals surface area contributed by atoms with E-state index in [0.29, 0.717) is 34.3 Å². The molecule has 0 radical (unpaired) electrons. The predicted octanol–water partition coefficient (Wildman–Crippen LogP) is 3.61. The van der Waals surface area contributed by atoms with Crippen LogP contribution in [-0.4, -0.2) is 43.1 Å². The molecule has 0 bridgehead atoms. The van der Waals surface area contributed by atoms with Crippen LogP contribution in [0.4, 0.5) is 0 Å². The third kappa shape index (κ3) is 5.87. The molecule has 128 valence electrons. The largest absolute Gasteiger partial charge is 0.482 e. The maximum absolute atomic E-state index is 11.9. The molecule has 0 aliphatic carbocycles. The first kappa shape index (κ1) is 18.4. The number of nitrogens with zero attached hydrogens (tertiary/aromatic N) is 1. The molecule has 0 aromatic heterocycles. The highest BCUT2D eigenvalue weighted by Crippen LogP contribution is 2.27. The second kappa shape index (κ2) is 8.76. The summed E-state index contributed by atoms with van der Waals surface area (Å²) in [7, 11) is 0. The van der Waals surface area contributed by atoms with Crippen molar-refractivity contribution in [3.8, 4) is 5.75 Å². The molecule has 1 fully saturated rings. The average Bonchev–Trinajstić information content (AvgIpc) is 2.52. The molecular formula is C17H24Cl2N2O2. The average molecular weight is 359 g/mol. The molecular weight excluding hydrogens is 335 g/mol. The summed E-state index contributed by atoms with van der Waals surface area (Å²) in [5, 5.41) is 3.90. The Morgan fingerprint density at radius 3 is 2.65 bits per heavy atom. The van der Waals surface area contributed by atoms with Gasteiger partial charge in [0.2, 0.25) is 0 Å². The van der Waals surface area contributed by atoms with E-state index in [-0.39, 0.29) is 12.5 Å². The molecule has 1 aromatic rings. The lowest BCUT2D eigenvalue weighted by molar-refractivity contribution is -0.123. The number of rotatable bonds is 6. The fourth-order valence-electron chi connectivity index (χ4n) is 2.72. The molecule has 4 nitrogen and oxygen atoms in total. The number of nitrogens with one attached hydrogen (secondary N) is 1. The minimum atomic E-state index is -0.123. The Morgan fingerprint density at radius 1 is 1.35 bits per heavy atom. The van der Waals surface area contributed by atoms with Crippen molar-refractivity contribution >= 4 is 29.1 Å². The number of halogens is 2. The van der Waals surface area contributed by atoms with Crippen molar-refractivity contribution in [1.82, 2.24) is 10.2 Å². The van der Waals surface area contributed by atoms with Crippen LogP contribution in [0.5, 0.6) is 5.75 Å². The fraction of sp³-hybridized carbons (Fsp3) is 0.588. The molecule has 0 spiro atoms. The Labute approximate surface area is 148 Å². The smallest absolute Gasteiger partial charge is 0.257 e. The van der Waals surface area contributed by atoms with Gasteiger partial charge in [-0.2, -0.15) is 0 Å². The Balaban J connectivity index is 1.68. The number of ether oxygens (including phenoxy) is 1. The normalized spacial score (nSPS) is 16.6. The van der Waals surface area contributed by atoms with Crippen molar-refractivity contribution in [3.05, 3.63) is 28.2 Å². The molecule has 2 rings (SSSR count). The van der Waals surface area contributed by atoms with Crippen LogP contribution >= 0.6 is 23.2 Å². The van der Waals surface area contributed by atoms with Crippen molar-refractivity contribution in [2.45, 2.75) is 32.7 Å². The van der Waals surface area contributed by atoms with Crippen LogP contribution in [-0.2, 0) is 4.79 Å². The minimum Gasteiger partial charge on any atom is -0.482 e. The van der Waals surface area contributed by atoms with Crippen LogP contribution in [0.3, 0.4) is 0 Å². The first-order valence-electron chi connectivity index (χ1n) is 8.04. The summed E-state index contributed by atoms with van der Waals surface area (Å²) in [5.74, 6) is 0.895. The second-order valence-corrected chi connectivity index (χ2v) is 7.08. The van der Waals surface area contributed by atoms with E-state index in [1.54, 1.807) is 18.2 Å². The minimum absolute atomic E-state index is 0.0355. The van der Waals surface area contributed by atoms with Crippen LogP contribution < -0.4 is 10.1 Å². The van der Waals surface area contributed by atoms with E-state index in [4.69, 9.17) is 27.9 Å². The SMILES string of the molecule is CC(C)N1CCC(CNC(=O)COc2ccc(Cl)cc2Cl)CC1. The van der Waals surface area contributed by atoms with Gasteiger partial charge in [-0.1, -0.05) is 23.2 Å². The summed E-state index contributed by atoms with van der Waals surface area (Å²) in [6, 6.07) is 5.55. The number of amides is 1. The van der Waals surface area contributed by atoms with Gasteiger partial charge >= 0.3 is 0 Å². The number of piperidine rings is 1. The lowest BCUT2D eigenvalue weighted by atomic mass is 9.96. The molecule has 6 heteroatoms. The van der Waals surface area contributed by atoms with Crippen molar-refractivity contribution in [1.29, 1.82) is 0 Å². The summed E-state index contributed by atoms with van der Waals surface area (Å²) in [5.41, 5.74) is 0. The van der Waals surface area contributed by atoms with Gasteiger partial charge < -0.3 is 15.0 Å². The van der Waals surface area contributed by atoms with Gasteiger partial charge in [0.05, 0.1) is 5.02 Å². The van der Waals surface area contributed by atoms with Gasteiger partial charge in [0.15, 0.2) is 6.61 Å². The van der Waals surface area contributed by atoms with Gasteiger partial charge in [-0.15, -0.1) is 0 Å². The fourth-order valence-corrected chi connectivity index (χ4v) is 3.18. The molecule has 1 aliphatic rings. The molecule has 0 saturated carbocycles. The van der Waals surface area contributed by atoms with Gasteiger partial charge in [0, 0.05) is 17.6 Å². The third-order valence-electron chi connectivity index (χ3n) is 4.22. The summed E-state index contributed by atoms with van der Waals surface area (Å²) in [6.45, 7) is 7.33. The molecule has 1 heterocycles. The molecule has 1 saturated heterocycles. The number of benzene rings is 1. The van der Waals surface area contributed by atoms with Gasteiger partial charge in [-0.3, -0.25) is 4.79 Å². The summed E-state index contributed by atoms with van der Waals surface area (Å²) in [4.78, 5) is 14.4. The first-order valence-corrected chi connectivity index (χ1v) is 8.80. The quantitative estimate of drug-likeness (QED) is 0.844. The highest BCUT2D eigenvalue weighted by Gasteiger charge is 2.21. The zero-order valence-electron chi connectivity index (χ0n) is 13.6. The number of likely N-dealkylation sites (tertiary alicyclic amines) is 1. The maximum atomic E-state index is 11.9. The Bertz CT molecular complexity index is 529. The van der Waals surface area contributed by atoms with Crippen LogP contribution in [0.2, 0.25) is 10.0 Å². The van der Waals surface area contributed by atoms with Crippen LogP contribution in [0.1, 0.15) is 26.7 Å². The zero-order chi connectivity index (χ0) is 16.8. The molecule has 1 aliphatic heterocycles. The Morgan fingerprint density at radius 2 is 2.04 bits per heavy atom. The van der Waals surface area contributed by atoms with E-state index in [9.17, 15) is 4.79 Å². The summed E-state index contributed by atoms with van der Waals surface area (Å²) >= 11 is 11.8. The highest BCUT2D eigenvalue weighted by molar-refractivity contribution is 6.35. The van der Waals surface area contributed by atoms with Gasteiger partial charge in [-0.05, 0) is 63.9 Å². The number of hydrogen-bond donors (Lipinski definition) is 1. The van der Waals surface area contributed by atoms with E-state index in [0.717, 1.165) is 25.9 Å². The summed E-state index contributed by atoms with van der Waals surface area (Å²) in [6.07, 6.45) is 2.25. The van der Waals surface area contributed by atoms with Crippen molar-refractivity contribution < 1.29 is 9.53 Å². The standard InChI is InChI=1S/C17H24Cl2N2O2/c1-12(2)21-7-5-13(6-8-21)10-20-17(22)11-23-16-4-3-14(18)9-15(16)19/h3-4,9,12-13H,5-8,10-11H2,1-2H3,(H,20,22). The lowest BCUT2D eigenvalue weighted by Crippen LogP contribution is -2.42. The third-order valence-corrected chi connectivity index (χ3v) is 4.75. The van der Waals surface area contributed by atoms with Crippen molar-refractivity contribution in [2.75, 3.05) is 26.2 Å². The molecule has 0 unspecified atom stereocenters. The van der Waals surface area contributed by atoms with Crippen LogP contribution in [0.25, 0.3) is 0 Å². The highest BCUT2D eigenvalue weighted by atomic mass is 35.5. The second-order valence-electron chi connectivity index (χ2n) is 6.24.